The van der Waals surface area contributed by atoms with E-state index in [0.29, 0.717) is 42.0 Å². The maximum Gasteiger partial charge on any atom is 0.408 e. The predicted molar refractivity (Wildman–Crippen MR) is 136 cm³/mol. The van der Waals surface area contributed by atoms with E-state index >= 15 is 0 Å². The Labute approximate surface area is 220 Å². The molecular formula is C29H43NO7. The average Bonchev–Trinajstić information content (AvgIpc) is 3.16. The largest absolute Gasteiger partial charge is 0.463 e. The molecule has 0 saturated heterocycles. The zero-order valence-electron chi connectivity index (χ0n) is 22.8. The molecule has 0 spiro atoms. The Morgan fingerprint density at radius 2 is 1.84 bits per heavy atom. The number of hydrogen-bond donors (Lipinski definition) is 1. The molecule has 0 aliphatic heterocycles. The maximum absolute atomic E-state index is 12.1. The van der Waals surface area contributed by atoms with E-state index in [1.165, 1.54) is 37.7 Å². The van der Waals surface area contributed by atoms with Crippen LogP contribution in [0.2, 0.25) is 0 Å². The highest BCUT2D eigenvalue weighted by Gasteiger charge is 2.54. The Morgan fingerprint density at radius 1 is 1.05 bits per heavy atom. The summed E-state index contributed by atoms with van der Waals surface area (Å²) in [5, 5.41) is 2.30. The third kappa shape index (κ3) is 6.94. The van der Waals surface area contributed by atoms with Crippen molar-refractivity contribution in [1.82, 2.24) is 5.32 Å². The molecule has 8 nitrogen and oxygen atoms in total. The van der Waals surface area contributed by atoms with Gasteiger partial charge in [0, 0.05) is 6.42 Å². The van der Waals surface area contributed by atoms with Crippen LogP contribution in [0.15, 0.2) is 11.6 Å². The highest BCUT2D eigenvalue weighted by Crippen LogP contribution is 2.63. The Balaban J connectivity index is 1.17. The summed E-state index contributed by atoms with van der Waals surface area (Å²) in [6.45, 7) is 7.11. The molecule has 4 aliphatic carbocycles. The molecule has 4 aliphatic rings. The molecular weight excluding hydrogens is 474 g/mol. The highest BCUT2D eigenvalue weighted by atomic mass is 16.6. The van der Waals surface area contributed by atoms with Gasteiger partial charge in [0.25, 0.3) is 0 Å². The Bertz CT molecular complexity index is 935. The van der Waals surface area contributed by atoms with Gasteiger partial charge in [0.15, 0.2) is 12.4 Å². The molecule has 0 heterocycles. The van der Waals surface area contributed by atoms with Crippen LogP contribution < -0.4 is 5.32 Å². The lowest BCUT2D eigenvalue weighted by atomic mass is 9.52. The zero-order valence-corrected chi connectivity index (χ0v) is 22.8. The van der Waals surface area contributed by atoms with Crippen molar-refractivity contribution in [2.45, 2.75) is 91.1 Å². The number of carbonyl (C=O) groups excluding carboxylic acids is 4. The summed E-state index contributed by atoms with van der Waals surface area (Å²) in [4.78, 5) is 47.3. The lowest BCUT2D eigenvalue weighted by Gasteiger charge is -2.52. The summed E-state index contributed by atoms with van der Waals surface area (Å²) in [5.74, 6) is 2.34. The number of hydrogen-bond acceptors (Lipinski definition) is 7. The Kier molecular flexibility index (Phi) is 8.34. The lowest BCUT2D eigenvalue weighted by Crippen LogP contribution is -2.44. The minimum atomic E-state index is -0.724. The van der Waals surface area contributed by atoms with Crippen LogP contribution in [-0.4, -0.2) is 49.2 Å². The fourth-order valence-corrected chi connectivity index (χ4v) is 7.64. The van der Waals surface area contributed by atoms with Crippen molar-refractivity contribution in [1.29, 1.82) is 0 Å². The minimum Gasteiger partial charge on any atom is -0.463 e. The first-order chi connectivity index (χ1) is 17.4. The first kappa shape index (κ1) is 27.6. The van der Waals surface area contributed by atoms with Gasteiger partial charge in [-0.2, -0.15) is 0 Å². The Morgan fingerprint density at radius 3 is 2.59 bits per heavy atom. The fourth-order valence-electron chi connectivity index (χ4n) is 7.64. The average molecular weight is 518 g/mol. The van der Waals surface area contributed by atoms with Crippen molar-refractivity contribution >= 4 is 23.8 Å². The number of allylic oxidation sites excluding steroid dienone is 1. The lowest BCUT2D eigenvalue weighted by molar-refractivity contribution is -0.158. The van der Waals surface area contributed by atoms with E-state index in [0.717, 1.165) is 31.1 Å². The molecule has 6 atom stereocenters. The number of nitrogens with one attached hydrogen (secondary N) is 1. The van der Waals surface area contributed by atoms with E-state index in [9.17, 15) is 19.2 Å². The van der Waals surface area contributed by atoms with Gasteiger partial charge in [-0.15, -0.1) is 0 Å². The maximum atomic E-state index is 12.1. The molecule has 0 bridgehead atoms. The quantitative estimate of drug-likeness (QED) is 0.384. The van der Waals surface area contributed by atoms with Gasteiger partial charge in [-0.25, -0.2) is 9.59 Å². The van der Waals surface area contributed by atoms with Crippen LogP contribution in [0.1, 0.15) is 85.5 Å². The number of fused-ring (bicyclic) bond motifs is 5. The van der Waals surface area contributed by atoms with E-state index in [2.05, 4.69) is 12.2 Å². The number of amides is 1. The molecule has 3 saturated carbocycles. The standard InChI is InChI=1S/C29H43NO7/c1-28(2,3)37-27(34)30-16-25(32)36-17-26(33)35-12-10-18-13-24-23-7-5-19-14-20(31)6-8-21(19)22(23)9-11-29(24,4)15-18/h14,18,21-24H,5-13,15-17H2,1-4H3,(H,30,34)/t18-,21-,22+,23+,24-,29+/m0/s1. The second-order valence-electron chi connectivity index (χ2n) is 12.8. The van der Waals surface area contributed by atoms with Crippen LogP contribution >= 0.6 is 0 Å². The Hall–Kier alpha value is -2.38. The van der Waals surface area contributed by atoms with Gasteiger partial charge in [0.2, 0.25) is 0 Å². The van der Waals surface area contributed by atoms with Crippen molar-refractivity contribution in [2.24, 2.45) is 35.0 Å². The second-order valence-corrected chi connectivity index (χ2v) is 12.8. The highest BCUT2D eigenvalue weighted by molar-refractivity contribution is 5.91. The molecule has 206 valence electrons. The van der Waals surface area contributed by atoms with Crippen molar-refractivity contribution in [3.8, 4) is 0 Å². The molecule has 0 aromatic heterocycles. The van der Waals surface area contributed by atoms with Gasteiger partial charge in [0.1, 0.15) is 12.1 Å². The molecule has 0 radical (unpaired) electrons. The van der Waals surface area contributed by atoms with Crippen molar-refractivity contribution < 1.29 is 33.4 Å². The summed E-state index contributed by atoms with van der Waals surface area (Å²) in [5.41, 5.74) is 1.12. The van der Waals surface area contributed by atoms with E-state index in [1.54, 1.807) is 20.8 Å². The SMILES string of the molecule is CC(C)(C)OC(=O)NCC(=O)OCC(=O)OCC[C@H]1C[C@H]2[C@@H]3CCC4=CC(=O)CC[C@@H]4[C@H]3CC[C@]2(C)C1. The van der Waals surface area contributed by atoms with Gasteiger partial charge in [-0.3, -0.25) is 9.59 Å². The molecule has 0 unspecified atom stereocenters. The van der Waals surface area contributed by atoms with Crippen LogP contribution in [0.3, 0.4) is 0 Å². The summed E-state index contributed by atoms with van der Waals surface area (Å²) in [6.07, 6.45) is 11.0. The molecule has 37 heavy (non-hydrogen) atoms. The van der Waals surface area contributed by atoms with Gasteiger partial charge in [-0.1, -0.05) is 12.5 Å². The number of esters is 2. The fraction of sp³-hybridized carbons (Fsp3) is 0.793. The molecule has 8 heteroatoms. The normalized spacial score (nSPS) is 32.8. The third-order valence-electron chi connectivity index (χ3n) is 9.08. The van der Waals surface area contributed by atoms with Crippen LogP contribution in [0.25, 0.3) is 0 Å². The number of ether oxygens (including phenoxy) is 3. The summed E-state index contributed by atoms with van der Waals surface area (Å²) >= 11 is 0. The summed E-state index contributed by atoms with van der Waals surface area (Å²) in [7, 11) is 0. The first-order valence-electron chi connectivity index (χ1n) is 13.9. The van der Waals surface area contributed by atoms with Gasteiger partial charge in [0.05, 0.1) is 6.61 Å². The van der Waals surface area contributed by atoms with Gasteiger partial charge < -0.3 is 19.5 Å². The minimum absolute atomic E-state index is 0.313. The third-order valence-corrected chi connectivity index (χ3v) is 9.08. The monoisotopic (exact) mass is 517 g/mol. The van der Waals surface area contributed by atoms with E-state index in [4.69, 9.17) is 14.2 Å². The number of alkyl carbamates (subject to hydrolysis) is 1. The number of rotatable bonds is 7. The van der Waals surface area contributed by atoms with E-state index < -0.39 is 30.2 Å². The van der Waals surface area contributed by atoms with Crippen LogP contribution in [0.4, 0.5) is 4.79 Å². The van der Waals surface area contributed by atoms with Crippen molar-refractivity contribution in [2.75, 3.05) is 19.8 Å². The summed E-state index contributed by atoms with van der Waals surface area (Å²) in [6, 6.07) is 0. The first-order valence-corrected chi connectivity index (χ1v) is 13.9. The van der Waals surface area contributed by atoms with Crippen molar-refractivity contribution in [3.63, 3.8) is 0 Å². The topological polar surface area (TPSA) is 108 Å². The van der Waals surface area contributed by atoms with E-state index in [-0.39, 0.29) is 6.54 Å². The molecule has 1 N–H and O–H groups in total. The van der Waals surface area contributed by atoms with E-state index in [1.807, 2.05) is 6.08 Å². The molecule has 1 amide bonds. The predicted octanol–water partition coefficient (Wildman–Crippen LogP) is 4.75. The zero-order chi connectivity index (χ0) is 26.8. The van der Waals surface area contributed by atoms with Gasteiger partial charge >= 0.3 is 18.0 Å². The molecule has 3 fully saturated rings. The summed E-state index contributed by atoms with van der Waals surface area (Å²) < 4.78 is 15.3. The van der Waals surface area contributed by atoms with Crippen LogP contribution in [-0.2, 0) is 28.6 Å². The van der Waals surface area contributed by atoms with Crippen LogP contribution in [0.5, 0.6) is 0 Å². The second kappa shape index (κ2) is 11.2. The van der Waals surface area contributed by atoms with Crippen LogP contribution in [0, 0.1) is 35.0 Å². The molecule has 0 aromatic carbocycles. The number of ketones is 1. The molecule has 0 aromatic rings. The number of carbonyl (C=O) groups is 4. The smallest absolute Gasteiger partial charge is 0.408 e. The van der Waals surface area contributed by atoms with Gasteiger partial charge in [-0.05, 0) is 113 Å². The van der Waals surface area contributed by atoms with Crippen molar-refractivity contribution in [3.05, 3.63) is 11.6 Å². The molecule has 4 rings (SSSR count).